The largest absolute Gasteiger partial charge is 0.365 e. The molecule has 1 aromatic rings. The van der Waals surface area contributed by atoms with Crippen LogP contribution >= 0.6 is 11.6 Å². The third kappa shape index (κ3) is 4.50. The number of anilines is 2. The van der Waals surface area contributed by atoms with E-state index in [1.807, 2.05) is 29.7 Å². The number of benzene rings is 1. The Bertz CT molecular complexity index is 863. The second-order valence-electron chi connectivity index (χ2n) is 6.31. The summed E-state index contributed by atoms with van der Waals surface area (Å²) in [5.74, 6) is 0.0716. The number of piperazine rings is 1. The number of para-hydroxylation sites is 1. The van der Waals surface area contributed by atoms with Gasteiger partial charge in [0.15, 0.2) is 5.57 Å². The first-order valence-corrected chi connectivity index (χ1v) is 8.84. The summed E-state index contributed by atoms with van der Waals surface area (Å²) < 4.78 is 0. The van der Waals surface area contributed by atoms with Crippen LogP contribution in [-0.2, 0) is 4.79 Å². The minimum atomic E-state index is -0.296. The zero-order chi connectivity index (χ0) is 20.0. The zero-order valence-electron chi connectivity index (χ0n) is 15.2. The van der Waals surface area contributed by atoms with E-state index < -0.39 is 0 Å². The van der Waals surface area contributed by atoms with E-state index in [1.165, 1.54) is 0 Å². The van der Waals surface area contributed by atoms with Gasteiger partial charge >= 0.3 is 0 Å². The van der Waals surface area contributed by atoms with Gasteiger partial charge in [0.05, 0.1) is 16.4 Å². The second-order valence-corrected chi connectivity index (χ2v) is 6.72. The maximum atomic E-state index is 12.2. The highest BCUT2D eigenvalue weighted by Gasteiger charge is 2.25. The van der Waals surface area contributed by atoms with Crippen LogP contribution in [0.4, 0.5) is 11.4 Å². The molecular formula is C19H19ClN6O. The maximum absolute atomic E-state index is 12.2. The van der Waals surface area contributed by atoms with Crippen molar-refractivity contribution < 1.29 is 4.79 Å². The van der Waals surface area contributed by atoms with Crippen molar-refractivity contribution in [2.45, 2.75) is 13.8 Å². The summed E-state index contributed by atoms with van der Waals surface area (Å²) in [5.41, 5.74) is 0.789. The van der Waals surface area contributed by atoms with Crippen LogP contribution in [0.3, 0.4) is 0 Å². The molecule has 1 amide bonds. The predicted molar refractivity (Wildman–Crippen MR) is 103 cm³/mol. The molecule has 8 heteroatoms. The Hall–Kier alpha value is -3.21. The standard InChI is InChI=1S/C19H19ClN6O/c1-13(2)19(27)26-8-6-25(7-9-26)18-15(20)4-3-5-16(18)24-17(12-23)14(10-21)11-22/h3-5,13,24H,6-9H2,1-2H3. The molecule has 7 nitrogen and oxygen atoms in total. The van der Waals surface area contributed by atoms with Crippen LogP contribution in [0, 0.1) is 39.9 Å². The van der Waals surface area contributed by atoms with E-state index >= 15 is 0 Å². The van der Waals surface area contributed by atoms with Gasteiger partial charge in [0.2, 0.25) is 5.91 Å². The zero-order valence-corrected chi connectivity index (χ0v) is 15.9. The number of nitriles is 3. The molecule has 0 spiro atoms. The molecule has 1 N–H and O–H groups in total. The fourth-order valence-corrected chi connectivity index (χ4v) is 3.17. The van der Waals surface area contributed by atoms with E-state index in [0.29, 0.717) is 42.6 Å². The molecule has 0 radical (unpaired) electrons. The molecule has 27 heavy (non-hydrogen) atoms. The van der Waals surface area contributed by atoms with Crippen molar-refractivity contribution >= 4 is 28.9 Å². The van der Waals surface area contributed by atoms with Crippen LogP contribution in [0.25, 0.3) is 0 Å². The predicted octanol–water partition coefficient (Wildman–Crippen LogP) is 2.88. The Morgan fingerprint density at radius 1 is 1.11 bits per heavy atom. The van der Waals surface area contributed by atoms with E-state index in [9.17, 15) is 10.1 Å². The van der Waals surface area contributed by atoms with Crippen LogP contribution < -0.4 is 10.2 Å². The minimum Gasteiger partial charge on any atom is -0.365 e. The molecular weight excluding hydrogens is 364 g/mol. The molecule has 2 rings (SSSR count). The number of carbonyl (C=O) groups is 1. The topological polar surface area (TPSA) is 107 Å². The first kappa shape index (κ1) is 20.1. The van der Waals surface area contributed by atoms with Crippen LogP contribution in [0.5, 0.6) is 0 Å². The highest BCUT2D eigenvalue weighted by molar-refractivity contribution is 6.34. The van der Waals surface area contributed by atoms with Crippen molar-refractivity contribution in [3.05, 3.63) is 34.5 Å². The molecule has 1 aliphatic heterocycles. The molecule has 0 atom stereocenters. The van der Waals surface area contributed by atoms with Crippen molar-refractivity contribution in [3.8, 4) is 18.2 Å². The lowest BCUT2D eigenvalue weighted by molar-refractivity contribution is -0.134. The van der Waals surface area contributed by atoms with Crippen LogP contribution in [0.2, 0.25) is 5.02 Å². The molecule has 138 valence electrons. The van der Waals surface area contributed by atoms with E-state index in [-0.39, 0.29) is 23.1 Å². The van der Waals surface area contributed by atoms with Gasteiger partial charge in [-0.25, -0.2) is 0 Å². The Morgan fingerprint density at radius 3 is 2.26 bits per heavy atom. The van der Waals surface area contributed by atoms with Crippen LogP contribution in [0.1, 0.15) is 13.8 Å². The summed E-state index contributed by atoms with van der Waals surface area (Å²) in [6, 6.07) is 10.5. The third-order valence-corrected chi connectivity index (χ3v) is 4.54. The van der Waals surface area contributed by atoms with Crippen molar-refractivity contribution in [3.63, 3.8) is 0 Å². The normalized spacial score (nSPS) is 13.4. The maximum Gasteiger partial charge on any atom is 0.225 e. The van der Waals surface area contributed by atoms with Gasteiger partial charge in [-0.1, -0.05) is 31.5 Å². The second kappa shape index (κ2) is 8.94. The summed E-state index contributed by atoms with van der Waals surface area (Å²) >= 11 is 6.39. The number of nitrogens with one attached hydrogen (secondary N) is 1. The lowest BCUT2D eigenvalue weighted by Crippen LogP contribution is -2.50. The quantitative estimate of drug-likeness (QED) is 0.802. The summed E-state index contributed by atoms with van der Waals surface area (Å²) in [6.07, 6.45) is 0. The molecule has 1 aliphatic rings. The average molecular weight is 383 g/mol. The number of amides is 1. The number of nitrogens with zero attached hydrogens (tertiary/aromatic N) is 5. The van der Waals surface area contributed by atoms with Crippen molar-refractivity contribution in [1.29, 1.82) is 15.8 Å². The Labute approximate surface area is 163 Å². The highest BCUT2D eigenvalue weighted by Crippen LogP contribution is 2.35. The van der Waals surface area contributed by atoms with Crippen molar-refractivity contribution in [1.82, 2.24) is 4.90 Å². The molecule has 1 saturated heterocycles. The number of halogens is 1. The van der Waals surface area contributed by atoms with Gasteiger partial charge in [0, 0.05) is 32.1 Å². The molecule has 1 aromatic carbocycles. The van der Waals surface area contributed by atoms with Gasteiger partial charge < -0.3 is 15.1 Å². The molecule has 1 fully saturated rings. The van der Waals surface area contributed by atoms with Crippen LogP contribution in [-0.4, -0.2) is 37.0 Å². The van der Waals surface area contributed by atoms with E-state index in [1.54, 1.807) is 30.3 Å². The fourth-order valence-electron chi connectivity index (χ4n) is 2.87. The third-order valence-electron chi connectivity index (χ3n) is 4.23. The van der Waals surface area contributed by atoms with Gasteiger partial charge in [-0.15, -0.1) is 0 Å². The number of hydrogen-bond acceptors (Lipinski definition) is 6. The Kier molecular flexibility index (Phi) is 6.66. The lowest BCUT2D eigenvalue weighted by Gasteiger charge is -2.38. The smallest absolute Gasteiger partial charge is 0.225 e. The fraction of sp³-hybridized carbons (Fsp3) is 0.368. The average Bonchev–Trinajstić information content (AvgIpc) is 2.67. The summed E-state index contributed by atoms with van der Waals surface area (Å²) in [4.78, 5) is 16.0. The Morgan fingerprint density at radius 2 is 1.74 bits per heavy atom. The molecule has 0 saturated carbocycles. The first-order chi connectivity index (χ1) is 12.9. The SMILES string of the molecule is CC(C)C(=O)N1CCN(c2c(Cl)cccc2NC(C#N)=C(C#N)C#N)CC1. The Balaban J connectivity index is 2.29. The number of allylic oxidation sites excluding steroid dienone is 2. The molecule has 0 unspecified atom stereocenters. The molecule has 1 heterocycles. The molecule has 0 aromatic heterocycles. The lowest BCUT2D eigenvalue weighted by atomic mass is 10.1. The van der Waals surface area contributed by atoms with E-state index in [2.05, 4.69) is 5.32 Å². The number of hydrogen-bond donors (Lipinski definition) is 1. The van der Waals surface area contributed by atoms with Gasteiger partial charge in [-0.3, -0.25) is 4.79 Å². The van der Waals surface area contributed by atoms with E-state index in [0.717, 1.165) is 0 Å². The van der Waals surface area contributed by atoms with Crippen molar-refractivity contribution in [2.24, 2.45) is 5.92 Å². The van der Waals surface area contributed by atoms with Gasteiger partial charge in [-0.05, 0) is 12.1 Å². The first-order valence-electron chi connectivity index (χ1n) is 8.46. The van der Waals surface area contributed by atoms with Crippen LogP contribution in [0.15, 0.2) is 29.5 Å². The number of rotatable bonds is 4. The molecule has 0 aliphatic carbocycles. The summed E-state index contributed by atoms with van der Waals surface area (Å²) in [7, 11) is 0. The summed E-state index contributed by atoms with van der Waals surface area (Å²) in [6.45, 7) is 6.08. The van der Waals surface area contributed by atoms with Gasteiger partial charge in [-0.2, -0.15) is 15.8 Å². The van der Waals surface area contributed by atoms with E-state index in [4.69, 9.17) is 22.1 Å². The minimum absolute atomic E-state index is 0.0483. The number of carbonyl (C=O) groups excluding carboxylic acids is 1. The monoisotopic (exact) mass is 382 g/mol. The van der Waals surface area contributed by atoms with Gasteiger partial charge in [0.25, 0.3) is 0 Å². The summed E-state index contributed by atoms with van der Waals surface area (Å²) in [5, 5.41) is 30.6. The van der Waals surface area contributed by atoms with Crippen molar-refractivity contribution in [2.75, 3.05) is 36.4 Å². The molecule has 0 bridgehead atoms. The highest BCUT2D eigenvalue weighted by atomic mass is 35.5. The van der Waals surface area contributed by atoms with Gasteiger partial charge in [0.1, 0.15) is 23.9 Å².